The van der Waals surface area contributed by atoms with Crippen LogP contribution in [0.25, 0.3) is 0 Å². The number of benzene rings is 1. The molecule has 2 amide bonds. The molecule has 0 aliphatic carbocycles. The van der Waals surface area contributed by atoms with Crippen molar-refractivity contribution in [3.8, 4) is 0 Å². The standard InChI is InChI=1S/C19H27N3O6/c1-19(2,3)28-18(25)20(11-12-23)9-4-10-21-16-7-6-15(22(26)27)13-14(16)5-8-17(21)24/h6-7,13,23H,4-5,8-12H2,1-3H3. The highest BCUT2D eigenvalue weighted by atomic mass is 16.6. The number of fused-ring (bicyclic) bond motifs is 1. The van der Waals surface area contributed by atoms with Gasteiger partial charge in [-0.05, 0) is 45.2 Å². The average molecular weight is 393 g/mol. The van der Waals surface area contributed by atoms with Crippen LogP contribution in [0.3, 0.4) is 0 Å². The Bertz CT molecular complexity index is 744. The molecule has 0 saturated carbocycles. The summed E-state index contributed by atoms with van der Waals surface area (Å²) in [6, 6.07) is 4.50. The summed E-state index contributed by atoms with van der Waals surface area (Å²) in [4.78, 5) is 38.1. The summed E-state index contributed by atoms with van der Waals surface area (Å²) in [7, 11) is 0. The van der Waals surface area contributed by atoms with E-state index in [9.17, 15) is 24.8 Å². The minimum absolute atomic E-state index is 0.00657. The van der Waals surface area contributed by atoms with Gasteiger partial charge in [-0.3, -0.25) is 14.9 Å². The number of nitro groups is 1. The molecule has 0 radical (unpaired) electrons. The second-order valence-electron chi connectivity index (χ2n) is 7.66. The smallest absolute Gasteiger partial charge is 0.410 e. The monoisotopic (exact) mass is 393 g/mol. The molecule has 1 aliphatic heterocycles. The first-order chi connectivity index (χ1) is 13.1. The largest absolute Gasteiger partial charge is 0.444 e. The predicted molar refractivity (Wildman–Crippen MR) is 103 cm³/mol. The van der Waals surface area contributed by atoms with Crippen molar-refractivity contribution in [2.45, 2.75) is 45.6 Å². The summed E-state index contributed by atoms with van der Waals surface area (Å²) >= 11 is 0. The fraction of sp³-hybridized carbons (Fsp3) is 0.579. The van der Waals surface area contributed by atoms with Gasteiger partial charge in [0.25, 0.3) is 5.69 Å². The van der Waals surface area contributed by atoms with E-state index in [2.05, 4.69) is 0 Å². The van der Waals surface area contributed by atoms with Gasteiger partial charge in [0, 0.05) is 43.9 Å². The molecule has 0 saturated heterocycles. The van der Waals surface area contributed by atoms with Crippen LogP contribution in [-0.4, -0.2) is 58.8 Å². The highest BCUT2D eigenvalue weighted by Crippen LogP contribution is 2.31. The second-order valence-corrected chi connectivity index (χ2v) is 7.66. The number of rotatable bonds is 7. The van der Waals surface area contributed by atoms with Crippen molar-refractivity contribution in [3.63, 3.8) is 0 Å². The number of anilines is 1. The molecule has 28 heavy (non-hydrogen) atoms. The molecule has 154 valence electrons. The molecule has 9 nitrogen and oxygen atoms in total. The lowest BCUT2D eigenvalue weighted by Crippen LogP contribution is -2.41. The van der Waals surface area contributed by atoms with Gasteiger partial charge in [-0.2, -0.15) is 0 Å². The van der Waals surface area contributed by atoms with Gasteiger partial charge in [-0.1, -0.05) is 0 Å². The molecule has 0 bridgehead atoms. The van der Waals surface area contributed by atoms with Crippen LogP contribution < -0.4 is 4.90 Å². The summed E-state index contributed by atoms with van der Waals surface area (Å²) in [5, 5.41) is 20.2. The zero-order valence-electron chi connectivity index (χ0n) is 16.5. The van der Waals surface area contributed by atoms with Crippen LogP contribution in [0.5, 0.6) is 0 Å². The number of amides is 2. The van der Waals surface area contributed by atoms with Gasteiger partial charge in [0.15, 0.2) is 0 Å². The molecule has 0 atom stereocenters. The van der Waals surface area contributed by atoms with E-state index in [1.165, 1.54) is 17.0 Å². The van der Waals surface area contributed by atoms with Crippen molar-refractivity contribution in [1.82, 2.24) is 4.90 Å². The third-order valence-electron chi connectivity index (χ3n) is 4.31. The highest BCUT2D eigenvalue weighted by Gasteiger charge is 2.26. The summed E-state index contributed by atoms with van der Waals surface area (Å²) in [6.07, 6.45) is 0.741. The van der Waals surface area contributed by atoms with Crippen LogP contribution in [0.4, 0.5) is 16.2 Å². The lowest BCUT2D eigenvalue weighted by Gasteiger charge is -2.31. The highest BCUT2D eigenvalue weighted by molar-refractivity contribution is 5.96. The first-order valence-electron chi connectivity index (χ1n) is 9.29. The average Bonchev–Trinajstić information content (AvgIpc) is 2.60. The van der Waals surface area contributed by atoms with Crippen molar-refractivity contribution < 1.29 is 24.4 Å². The topological polar surface area (TPSA) is 113 Å². The van der Waals surface area contributed by atoms with Crippen LogP contribution in [0.1, 0.15) is 39.2 Å². The molecule has 2 rings (SSSR count). The molecule has 0 aromatic heterocycles. The number of nitro benzene ring substituents is 1. The number of carbonyl (C=O) groups is 2. The Hall–Kier alpha value is -2.68. The number of aliphatic hydroxyl groups excluding tert-OH is 1. The number of hydrogen-bond donors (Lipinski definition) is 1. The second kappa shape index (κ2) is 9.01. The SMILES string of the molecule is CC(C)(C)OC(=O)N(CCO)CCCN1C(=O)CCc2cc([N+](=O)[O-])ccc21. The van der Waals surface area contributed by atoms with Gasteiger partial charge < -0.3 is 19.6 Å². The first-order valence-corrected chi connectivity index (χ1v) is 9.29. The van der Waals surface area contributed by atoms with E-state index < -0.39 is 16.6 Å². The Morgan fingerprint density at radius 1 is 1.32 bits per heavy atom. The van der Waals surface area contributed by atoms with Gasteiger partial charge >= 0.3 is 6.09 Å². The molecule has 0 unspecified atom stereocenters. The Morgan fingerprint density at radius 2 is 2.04 bits per heavy atom. The Labute approximate surface area is 164 Å². The first kappa shape index (κ1) is 21.6. The maximum absolute atomic E-state index is 12.3. The van der Waals surface area contributed by atoms with E-state index in [-0.39, 0.29) is 24.7 Å². The zero-order chi connectivity index (χ0) is 20.9. The Morgan fingerprint density at radius 3 is 2.64 bits per heavy atom. The summed E-state index contributed by atoms with van der Waals surface area (Å²) in [5.41, 5.74) is 0.814. The van der Waals surface area contributed by atoms with Gasteiger partial charge in [0.05, 0.1) is 11.5 Å². The summed E-state index contributed by atoms with van der Waals surface area (Å²) in [6.45, 7) is 5.95. The third-order valence-corrected chi connectivity index (χ3v) is 4.31. The number of non-ortho nitro benzene ring substituents is 1. The quantitative estimate of drug-likeness (QED) is 0.562. The molecular weight excluding hydrogens is 366 g/mol. The molecular formula is C19H27N3O6. The van der Waals surface area contributed by atoms with Crippen LogP contribution >= 0.6 is 0 Å². The van der Waals surface area contributed by atoms with Crippen molar-refractivity contribution in [1.29, 1.82) is 0 Å². The molecule has 1 heterocycles. The van der Waals surface area contributed by atoms with Gasteiger partial charge in [0.2, 0.25) is 5.91 Å². The maximum atomic E-state index is 12.3. The zero-order valence-corrected chi connectivity index (χ0v) is 16.5. The number of ether oxygens (including phenoxy) is 1. The summed E-state index contributed by atoms with van der Waals surface area (Å²) < 4.78 is 5.34. The van der Waals surface area contributed by atoms with Gasteiger partial charge in [-0.25, -0.2) is 4.79 Å². The number of aliphatic hydroxyl groups is 1. The number of aryl methyl sites for hydroxylation is 1. The predicted octanol–water partition coefficient (Wildman–Crippen LogP) is 2.49. The minimum Gasteiger partial charge on any atom is -0.444 e. The molecule has 0 fully saturated rings. The van der Waals surface area contributed by atoms with E-state index in [1.54, 1.807) is 31.7 Å². The Kier molecular flexibility index (Phi) is 6.95. The minimum atomic E-state index is -0.638. The lowest BCUT2D eigenvalue weighted by atomic mass is 10.00. The fourth-order valence-corrected chi connectivity index (χ4v) is 3.07. The molecule has 1 aliphatic rings. The Balaban J connectivity index is 2.04. The van der Waals surface area contributed by atoms with E-state index in [4.69, 9.17) is 4.74 Å². The van der Waals surface area contributed by atoms with Crippen molar-refractivity contribution >= 4 is 23.4 Å². The van der Waals surface area contributed by atoms with Crippen LogP contribution in [0.15, 0.2) is 18.2 Å². The van der Waals surface area contributed by atoms with Crippen molar-refractivity contribution in [3.05, 3.63) is 33.9 Å². The molecule has 1 aromatic carbocycles. The molecule has 9 heteroatoms. The number of carbonyl (C=O) groups excluding carboxylic acids is 2. The number of hydrogen-bond acceptors (Lipinski definition) is 6. The van der Waals surface area contributed by atoms with Crippen molar-refractivity contribution in [2.75, 3.05) is 31.1 Å². The van der Waals surface area contributed by atoms with Crippen molar-refractivity contribution in [2.24, 2.45) is 0 Å². The molecule has 1 N–H and O–H groups in total. The van der Waals surface area contributed by atoms with E-state index in [1.807, 2.05) is 0 Å². The van der Waals surface area contributed by atoms with E-state index in [0.29, 0.717) is 38.0 Å². The van der Waals surface area contributed by atoms with Crippen LogP contribution in [0, 0.1) is 10.1 Å². The van der Waals surface area contributed by atoms with Crippen LogP contribution in [0.2, 0.25) is 0 Å². The van der Waals surface area contributed by atoms with Gasteiger partial charge in [-0.15, -0.1) is 0 Å². The maximum Gasteiger partial charge on any atom is 0.410 e. The molecule has 1 aromatic rings. The fourth-order valence-electron chi connectivity index (χ4n) is 3.07. The number of nitrogens with zero attached hydrogens (tertiary/aromatic N) is 3. The summed E-state index contributed by atoms with van der Waals surface area (Å²) in [5.74, 6) is -0.0488. The normalized spacial score (nSPS) is 13.9. The third kappa shape index (κ3) is 5.66. The lowest BCUT2D eigenvalue weighted by molar-refractivity contribution is -0.384. The molecule has 0 spiro atoms. The van der Waals surface area contributed by atoms with Gasteiger partial charge in [0.1, 0.15) is 5.60 Å². The van der Waals surface area contributed by atoms with Crippen LogP contribution in [-0.2, 0) is 16.0 Å². The van der Waals surface area contributed by atoms with E-state index in [0.717, 1.165) is 5.56 Å². The van der Waals surface area contributed by atoms with E-state index >= 15 is 0 Å².